The highest BCUT2D eigenvalue weighted by atomic mass is 16.5. The third kappa shape index (κ3) is 3.64. The first kappa shape index (κ1) is 15.0. The molecular weight excluding hydrogens is 294 g/mol. The van der Waals surface area contributed by atoms with E-state index in [0.717, 1.165) is 11.1 Å². The van der Waals surface area contributed by atoms with E-state index in [4.69, 9.17) is 14.4 Å². The molecule has 5 nitrogen and oxygen atoms in total. The van der Waals surface area contributed by atoms with Crippen molar-refractivity contribution in [1.29, 1.82) is 0 Å². The predicted octanol–water partition coefficient (Wildman–Crippen LogP) is 3.68. The van der Waals surface area contributed by atoms with Crippen molar-refractivity contribution in [2.75, 3.05) is 0 Å². The number of rotatable bonds is 6. The number of nitrogens with zero attached hydrogens (tertiary/aromatic N) is 1. The molecule has 0 amide bonds. The van der Waals surface area contributed by atoms with Crippen molar-refractivity contribution in [3.63, 3.8) is 0 Å². The lowest BCUT2D eigenvalue weighted by Crippen LogP contribution is -2.06. The van der Waals surface area contributed by atoms with Gasteiger partial charge in [-0.2, -0.15) is 0 Å². The molecule has 0 aliphatic rings. The average Bonchev–Trinajstić information content (AvgIpc) is 3.07. The molecule has 0 saturated heterocycles. The Bertz CT molecular complexity index is 768. The molecule has 0 aliphatic heterocycles. The maximum Gasteiger partial charge on any atom is 0.358 e. The van der Waals surface area contributed by atoms with Crippen LogP contribution in [0, 0.1) is 0 Å². The second-order valence-corrected chi connectivity index (χ2v) is 5.01. The molecule has 0 aliphatic carbocycles. The molecule has 116 valence electrons. The van der Waals surface area contributed by atoms with E-state index in [-0.39, 0.29) is 5.69 Å². The van der Waals surface area contributed by atoms with E-state index >= 15 is 0 Å². The first-order chi connectivity index (χ1) is 11.2. The van der Waals surface area contributed by atoms with Crippen LogP contribution < -0.4 is 0 Å². The lowest BCUT2D eigenvalue weighted by molar-refractivity contribution is 0.0481. The summed E-state index contributed by atoms with van der Waals surface area (Å²) in [6.45, 7) is 0.378. The lowest BCUT2D eigenvalue weighted by atomic mass is 10.1. The van der Waals surface area contributed by atoms with Crippen LogP contribution in [-0.4, -0.2) is 16.2 Å². The zero-order chi connectivity index (χ0) is 16.1. The van der Waals surface area contributed by atoms with Gasteiger partial charge >= 0.3 is 5.97 Å². The van der Waals surface area contributed by atoms with Crippen molar-refractivity contribution in [2.45, 2.75) is 12.7 Å². The van der Waals surface area contributed by atoms with Crippen LogP contribution in [0.25, 0.3) is 0 Å². The van der Waals surface area contributed by atoms with Crippen LogP contribution in [0.15, 0.2) is 71.3 Å². The topological polar surface area (TPSA) is 72.6 Å². The number of aromatic nitrogens is 1. The van der Waals surface area contributed by atoms with Gasteiger partial charge in [-0.1, -0.05) is 65.8 Å². The summed E-state index contributed by atoms with van der Waals surface area (Å²) in [5.41, 5.74) is 1.76. The van der Waals surface area contributed by atoms with Crippen molar-refractivity contribution in [3.05, 3.63) is 89.3 Å². The number of hydrogen-bond acceptors (Lipinski definition) is 4. The Balaban J connectivity index is 1.86. The highest BCUT2D eigenvalue weighted by molar-refractivity contribution is 5.85. The third-order valence-corrected chi connectivity index (χ3v) is 3.37. The second-order valence-electron chi connectivity index (χ2n) is 5.01. The number of carboxylic acid groups (broad SMARTS) is 1. The van der Waals surface area contributed by atoms with Crippen LogP contribution in [0.3, 0.4) is 0 Å². The molecule has 3 aromatic rings. The van der Waals surface area contributed by atoms with Crippen LogP contribution in [0.4, 0.5) is 0 Å². The molecule has 0 saturated carbocycles. The molecule has 0 fully saturated rings. The average molecular weight is 309 g/mol. The maximum absolute atomic E-state index is 11.0. The van der Waals surface area contributed by atoms with Gasteiger partial charge in [0.15, 0.2) is 11.5 Å². The van der Waals surface area contributed by atoms with Crippen LogP contribution in [0.5, 0.6) is 0 Å². The zero-order valence-corrected chi connectivity index (χ0v) is 12.3. The van der Waals surface area contributed by atoms with Gasteiger partial charge in [0.05, 0.1) is 6.61 Å². The molecule has 1 N–H and O–H groups in total. The fraction of sp³-hybridized carbons (Fsp3) is 0.111. The van der Waals surface area contributed by atoms with E-state index in [1.165, 1.54) is 6.07 Å². The second kappa shape index (κ2) is 6.89. The summed E-state index contributed by atoms with van der Waals surface area (Å²) in [6.07, 6.45) is -0.517. The number of carboxylic acids is 1. The maximum atomic E-state index is 11.0. The van der Waals surface area contributed by atoms with E-state index < -0.39 is 12.1 Å². The molecule has 3 rings (SSSR count). The van der Waals surface area contributed by atoms with Gasteiger partial charge in [-0.15, -0.1) is 0 Å². The van der Waals surface area contributed by atoms with E-state index in [0.29, 0.717) is 12.4 Å². The molecular formula is C18H15NO4. The molecule has 2 aromatic carbocycles. The summed E-state index contributed by atoms with van der Waals surface area (Å²) < 4.78 is 11.1. The minimum absolute atomic E-state index is 0.135. The number of aromatic carboxylic acids is 1. The quantitative estimate of drug-likeness (QED) is 0.752. The van der Waals surface area contributed by atoms with Gasteiger partial charge in [0.1, 0.15) is 6.10 Å². The zero-order valence-electron chi connectivity index (χ0n) is 12.3. The van der Waals surface area contributed by atoms with E-state index in [1.807, 2.05) is 60.7 Å². The van der Waals surface area contributed by atoms with Crippen LogP contribution >= 0.6 is 0 Å². The fourth-order valence-corrected chi connectivity index (χ4v) is 2.24. The highest BCUT2D eigenvalue weighted by Crippen LogP contribution is 2.27. The van der Waals surface area contributed by atoms with E-state index in [9.17, 15) is 4.79 Å². The van der Waals surface area contributed by atoms with Crippen LogP contribution in [-0.2, 0) is 11.3 Å². The van der Waals surface area contributed by atoms with E-state index in [1.54, 1.807) is 0 Å². The molecule has 1 atom stereocenters. The van der Waals surface area contributed by atoms with Crippen LogP contribution in [0.1, 0.15) is 33.5 Å². The van der Waals surface area contributed by atoms with Crippen molar-refractivity contribution in [2.24, 2.45) is 0 Å². The minimum Gasteiger partial charge on any atom is -0.476 e. The molecule has 1 heterocycles. The number of ether oxygens (including phenoxy) is 1. The largest absolute Gasteiger partial charge is 0.476 e. The minimum atomic E-state index is -1.13. The fourth-order valence-electron chi connectivity index (χ4n) is 2.24. The molecule has 1 unspecified atom stereocenters. The van der Waals surface area contributed by atoms with Crippen molar-refractivity contribution < 1.29 is 19.2 Å². The summed E-state index contributed by atoms with van der Waals surface area (Å²) in [4.78, 5) is 11.0. The summed E-state index contributed by atoms with van der Waals surface area (Å²) in [5.74, 6) is -0.764. The highest BCUT2D eigenvalue weighted by Gasteiger charge is 2.22. The van der Waals surface area contributed by atoms with Gasteiger partial charge in [-0.3, -0.25) is 0 Å². The standard InChI is InChI=1S/C18H15NO4/c20-18(21)15-11-16(23-19-15)17(14-9-5-2-6-10-14)22-12-13-7-3-1-4-8-13/h1-11,17H,12H2,(H,20,21). The summed E-state index contributed by atoms with van der Waals surface area (Å²) in [6, 6.07) is 20.6. The van der Waals surface area contributed by atoms with Crippen LogP contribution in [0.2, 0.25) is 0 Å². The molecule has 23 heavy (non-hydrogen) atoms. The van der Waals surface area contributed by atoms with E-state index in [2.05, 4.69) is 5.16 Å². The SMILES string of the molecule is O=C(O)c1cc(C(OCc2ccccc2)c2ccccc2)on1. The number of benzene rings is 2. The summed E-state index contributed by atoms with van der Waals surface area (Å²) >= 11 is 0. The first-order valence-corrected chi connectivity index (χ1v) is 7.14. The Kier molecular flexibility index (Phi) is 4.49. The Morgan fingerprint density at radius 1 is 1.09 bits per heavy atom. The molecule has 0 bridgehead atoms. The van der Waals surface area contributed by atoms with Gasteiger partial charge in [0.25, 0.3) is 0 Å². The van der Waals surface area contributed by atoms with Gasteiger partial charge in [0.2, 0.25) is 0 Å². The molecule has 5 heteroatoms. The first-order valence-electron chi connectivity index (χ1n) is 7.14. The Labute approximate surface area is 133 Å². The molecule has 0 radical (unpaired) electrons. The molecule has 1 aromatic heterocycles. The lowest BCUT2D eigenvalue weighted by Gasteiger charge is -2.15. The summed E-state index contributed by atoms with van der Waals surface area (Å²) in [5, 5.41) is 12.6. The van der Waals surface area contributed by atoms with Crippen molar-refractivity contribution in [3.8, 4) is 0 Å². The third-order valence-electron chi connectivity index (χ3n) is 3.37. The van der Waals surface area contributed by atoms with Gasteiger partial charge in [-0.05, 0) is 11.1 Å². The Morgan fingerprint density at radius 3 is 2.35 bits per heavy atom. The smallest absolute Gasteiger partial charge is 0.358 e. The summed E-state index contributed by atoms with van der Waals surface area (Å²) in [7, 11) is 0. The van der Waals surface area contributed by atoms with Crippen molar-refractivity contribution >= 4 is 5.97 Å². The molecule has 0 spiro atoms. The van der Waals surface area contributed by atoms with Gasteiger partial charge in [-0.25, -0.2) is 4.79 Å². The van der Waals surface area contributed by atoms with Crippen molar-refractivity contribution in [1.82, 2.24) is 5.16 Å². The van der Waals surface area contributed by atoms with Gasteiger partial charge in [0, 0.05) is 6.07 Å². The monoisotopic (exact) mass is 309 g/mol. The predicted molar refractivity (Wildman–Crippen MR) is 83.0 cm³/mol. The number of hydrogen-bond donors (Lipinski definition) is 1. The normalized spacial score (nSPS) is 12.0. The van der Waals surface area contributed by atoms with Gasteiger partial charge < -0.3 is 14.4 Å². The number of carbonyl (C=O) groups is 1. The Hall–Kier alpha value is -2.92. The Morgan fingerprint density at radius 2 is 1.74 bits per heavy atom.